The van der Waals surface area contributed by atoms with Gasteiger partial charge in [-0.3, -0.25) is 5.26 Å². The van der Waals surface area contributed by atoms with Crippen LogP contribution in [0.2, 0.25) is 0 Å². The molecule has 0 radical (unpaired) electrons. The van der Waals surface area contributed by atoms with Gasteiger partial charge in [0.15, 0.2) is 12.2 Å². The quantitative estimate of drug-likeness (QED) is 0.255. The molecule has 0 fully saturated rings. The van der Waals surface area contributed by atoms with Gasteiger partial charge in [0.2, 0.25) is 0 Å². The zero-order valence-corrected chi connectivity index (χ0v) is 13.0. The van der Waals surface area contributed by atoms with E-state index in [1.807, 2.05) is 0 Å². The summed E-state index contributed by atoms with van der Waals surface area (Å²) in [5.41, 5.74) is 0. The SMILES string of the molecule is CCCCCCC(OO)C(=O)OC(C)C(=O)OCCOC. The molecule has 0 saturated heterocycles. The van der Waals surface area contributed by atoms with E-state index in [2.05, 4.69) is 11.8 Å². The van der Waals surface area contributed by atoms with Gasteiger partial charge in [-0.2, -0.15) is 0 Å². The minimum atomic E-state index is -1.07. The lowest BCUT2D eigenvalue weighted by atomic mass is 10.1. The lowest BCUT2D eigenvalue weighted by Crippen LogP contribution is -2.33. The summed E-state index contributed by atoms with van der Waals surface area (Å²) in [6.45, 7) is 3.84. The van der Waals surface area contributed by atoms with Crippen LogP contribution in [-0.4, -0.2) is 49.7 Å². The minimum absolute atomic E-state index is 0.0914. The van der Waals surface area contributed by atoms with Crippen molar-refractivity contribution in [3.05, 3.63) is 0 Å². The van der Waals surface area contributed by atoms with Crippen LogP contribution in [0.25, 0.3) is 0 Å². The first-order valence-electron chi connectivity index (χ1n) is 7.23. The fourth-order valence-corrected chi connectivity index (χ4v) is 1.61. The van der Waals surface area contributed by atoms with Crippen LogP contribution in [0.4, 0.5) is 0 Å². The van der Waals surface area contributed by atoms with Gasteiger partial charge in [0.1, 0.15) is 6.61 Å². The summed E-state index contributed by atoms with van der Waals surface area (Å²) in [5, 5.41) is 8.74. The third-order valence-corrected chi connectivity index (χ3v) is 2.87. The van der Waals surface area contributed by atoms with Crippen molar-refractivity contribution in [3.63, 3.8) is 0 Å². The summed E-state index contributed by atoms with van der Waals surface area (Å²) in [6, 6.07) is 0. The predicted molar refractivity (Wildman–Crippen MR) is 74.6 cm³/mol. The number of methoxy groups -OCH3 is 1. The first-order chi connectivity index (χ1) is 10.1. The second-order valence-electron chi connectivity index (χ2n) is 4.68. The highest BCUT2D eigenvalue weighted by molar-refractivity contribution is 5.81. The third kappa shape index (κ3) is 9.38. The maximum atomic E-state index is 11.7. The molecular weight excluding hydrogens is 280 g/mol. The molecule has 0 aliphatic carbocycles. The molecule has 0 aromatic heterocycles. The van der Waals surface area contributed by atoms with Crippen LogP contribution >= 0.6 is 0 Å². The van der Waals surface area contributed by atoms with Gasteiger partial charge < -0.3 is 14.2 Å². The number of carbonyl (C=O) groups is 2. The molecule has 0 aromatic rings. The monoisotopic (exact) mass is 306 g/mol. The van der Waals surface area contributed by atoms with Crippen LogP contribution < -0.4 is 0 Å². The second-order valence-corrected chi connectivity index (χ2v) is 4.68. The highest BCUT2D eigenvalue weighted by Gasteiger charge is 2.26. The molecule has 2 unspecified atom stereocenters. The van der Waals surface area contributed by atoms with Crippen LogP contribution in [0.15, 0.2) is 0 Å². The molecule has 7 heteroatoms. The maximum absolute atomic E-state index is 11.7. The average Bonchev–Trinajstić information content (AvgIpc) is 2.47. The normalized spacial score (nSPS) is 13.5. The molecule has 0 bridgehead atoms. The lowest BCUT2D eigenvalue weighted by Gasteiger charge is -2.16. The third-order valence-electron chi connectivity index (χ3n) is 2.87. The summed E-state index contributed by atoms with van der Waals surface area (Å²) in [5.74, 6) is -1.44. The van der Waals surface area contributed by atoms with Gasteiger partial charge in [-0.1, -0.05) is 32.6 Å². The van der Waals surface area contributed by atoms with Crippen molar-refractivity contribution in [1.82, 2.24) is 0 Å². The number of hydrogen-bond acceptors (Lipinski definition) is 7. The largest absolute Gasteiger partial charge is 0.461 e. The molecule has 2 atom stereocenters. The predicted octanol–water partition coefficient (Wildman–Crippen LogP) is 1.94. The number of carbonyl (C=O) groups excluding carboxylic acids is 2. The molecule has 7 nitrogen and oxygen atoms in total. The molecule has 0 spiro atoms. The standard InChI is InChI=1S/C14H26O7/c1-4-5-6-7-8-12(21-17)14(16)20-11(2)13(15)19-10-9-18-3/h11-12,17H,4-10H2,1-3H3. The van der Waals surface area contributed by atoms with Crippen molar-refractivity contribution in [2.75, 3.05) is 20.3 Å². The molecule has 0 amide bonds. The summed E-state index contributed by atoms with van der Waals surface area (Å²) in [6.07, 6.45) is 2.02. The molecule has 124 valence electrons. The van der Waals surface area contributed by atoms with Crippen molar-refractivity contribution in [3.8, 4) is 0 Å². The van der Waals surface area contributed by atoms with Gasteiger partial charge in [0.25, 0.3) is 0 Å². The Labute approximate surface area is 125 Å². The van der Waals surface area contributed by atoms with E-state index in [1.165, 1.54) is 14.0 Å². The van der Waals surface area contributed by atoms with Crippen molar-refractivity contribution < 1.29 is 33.9 Å². The van der Waals surface area contributed by atoms with Gasteiger partial charge in [0, 0.05) is 7.11 Å². The number of unbranched alkanes of at least 4 members (excludes halogenated alkanes) is 3. The smallest absolute Gasteiger partial charge is 0.347 e. The Kier molecular flexibility index (Phi) is 11.8. The Balaban J connectivity index is 4.07. The molecular formula is C14H26O7. The Morgan fingerprint density at radius 2 is 1.81 bits per heavy atom. The fraction of sp³-hybridized carbons (Fsp3) is 0.857. The summed E-state index contributed by atoms with van der Waals surface area (Å²) >= 11 is 0. The second kappa shape index (κ2) is 12.6. The van der Waals surface area contributed by atoms with E-state index in [9.17, 15) is 9.59 Å². The first-order valence-corrected chi connectivity index (χ1v) is 7.23. The van der Waals surface area contributed by atoms with Crippen LogP contribution in [0.5, 0.6) is 0 Å². The van der Waals surface area contributed by atoms with Gasteiger partial charge in [-0.25, -0.2) is 14.5 Å². The molecule has 0 heterocycles. The molecule has 0 rings (SSSR count). The number of ether oxygens (including phenoxy) is 3. The van der Waals surface area contributed by atoms with Gasteiger partial charge in [0.05, 0.1) is 6.61 Å². The van der Waals surface area contributed by atoms with E-state index in [4.69, 9.17) is 19.5 Å². The zero-order valence-electron chi connectivity index (χ0n) is 13.0. The van der Waals surface area contributed by atoms with E-state index in [-0.39, 0.29) is 13.2 Å². The van der Waals surface area contributed by atoms with Crippen LogP contribution in [0, 0.1) is 0 Å². The van der Waals surface area contributed by atoms with E-state index in [0.717, 1.165) is 25.7 Å². The Bertz CT molecular complexity index is 293. The Morgan fingerprint density at radius 1 is 1.10 bits per heavy atom. The van der Waals surface area contributed by atoms with Crippen molar-refractivity contribution in [2.24, 2.45) is 0 Å². The van der Waals surface area contributed by atoms with E-state index >= 15 is 0 Å². The zero-order chi connectivity index (χ0) is 16.1. The van der Waals surface area contributed by atoms with Crippen LogP contribution in [0.3, 0.4) is 0 Å². The minimum Gasteiger partial charge on any atom is -0.461 e. The molecule has 0 aromatic carbocycles. The number of rotatable bonds is 12. The highest BCUT2D eigenvalue weighted by atomic mass is 17.1. The molecule has 0 aliphatic heterocycles. The van der Waals surface area contributed by atoms with Crippen molar-refractivity contribution in [2.45, 2.75) is 58.2 Å². The number of hydrogen-bond donors (Lipinski definition) is 1. The Morgan fingerprint density at radius 3 is 2.38 bits per heavy atom. The lowest BCUT2D eigenvalue weighted by molar-refractivity contribution is -0.280. The van der Waals surface area contributed by atoms with E-state index in [0.29, 0.717) is 6.42 Å². The first kappa shape index (κ1) is 19.8. The van der Waals surface area contributed by atoms with Gasteiger partial charge in [-0.05, 0) is 13.3 Å². The van der Waals surface area contributed by atoms with Crippen LogP contribution in [-0.2, 0) is 28.7 Å². The van der Waals surface area contributed by atoms with Gasteiger partial charge >= 0.3 is 11.9 Å². The molecule has 21 heavy (non-hydrogen) atoms. The topological polar surface area (TPSA) is 91.3 Å². The molecule has 0 aliphatic rings. The van der Waals surface area contributed by atoms with E-state index in [1.54, 1.807) is 0 Å². The summed E-state index contributed by atoms with van der Waals surface area (Å²) < 4.78 is 14.5. The van der Waals surface area contributed by atoms with E-state index < -0.39 is 24.1 Å². The maximum Gasteiger partial charge on any atom is 0.347 e. The molecule has 1 N–H and O–H groups in total. The van der Waals surface area contributed by atoms with Crippen molar-refractivity contribution >= 4 is 11.9 Å². The Hall–Kier alpha value is -1.18. The average molecular weight is 306 g/mol. The van der Waals surface area contributed by atoms with Gasteiger partial charge in [-0.15, -0.1) is 0 Å². The highest BCUT2D eigenvalue weighted by Crippen LogP contribution is 2.10. The summed E-state index contributed by atoms with van der Waals surface area (Å²) in [4.78, 5) is 27.4. The summed E-state index contributed by atoms with van der Waals surface area (Å²) in [7, 11) is 1.49. The number of esters is 2. The van der Waals surface area contributed by atoms with Crippen LogP contribution in [0.1, 0.15) is 46.0 Å². The molecule has 0 saturated carbocycles. The fourth-order valence-electron chi connectivity index (χ4n) is 1.61. The van der Waals surface area contributed by atoms with Crippen molar-refractivity contribution in [1.29, 1.82) is 0 Å².